The fourth-order valence-corrected chi connectivity index (χ4v) is 1.00. The second-order valence-electron chi connectivity index (χ2n) is 2.78. The molecule has 1 N–H and O–H groups in total. The van der Waals surface area contributed by atoms with Crippen molar-refractivity contribution in [3.63, 3.8) is 0 Å². The summed E-state index contributed by atoms with van der Waals surface area (Å²) in [5.41, 5.74) is 2.61. The lowest BCUT2D eigenvalue weighted by Gasteiger charge is -2.09. The SMILES string of the molecule is CN[C@H](C)C1=NC=C(C)C1. The van der Waals surface area contributed by atoms with Crippen LogP contribution in [-0.4, -0.2) is 18.8 Å². The third-order valence-corrected chi connectivity index (χ3v) is 1.84. The van der Waals surface area contributed by atoms with Gasteiger partial charge in [0.1, 0.15) is 0 Å². The molecule has 1 aliphatic heterocycles. The molecule has 0 amide bonds. The highest BCUT2D eigenvalue weighted by atomic mass is 14.9. The van der Waals surface area contributed by atoms with Crippen molar-refractivity contribution in [2.75, 3.05) is 7.05 Å². The van der Waals surface area contributed by atoms with Crippen molar-refractivity contribution in [1.82, 2.24) is 5.32 Å². The zero-order valence-electron chi connectivity index (χ0n) is 6.81. The van der Waals surface area contributed by atoms with Crippen LogP contribution in [0.4, 0.5) is 0 Å². The van der Waals surface area contributed by atoms with Gasteiger partial charge in [-0.2, -0.15) is 0 Å². The lowest BCUT2D eigenvalue weighted by Crippen LogP contribution is -2.29. The highest BCUT2D eigenvalue weighted by Crippen LogP contribution is 2.12. The molecule has 1 rings (SSSR count). The number of rotatable bonds is 2. The first-order chi connectivity index (χ1) is 4.74. The van der Waals surface area contributed by atoms with Gasteiger partial charge in [0.2, 0.25) is 0 Å². The van der Waals surface area contributed by atoms with Gasteiger partial charge in [-0.05, 0) is 26.5 Å². The quantitative estimate of drug-likeness (QED) is 0.612. The zero-order valence-corrected chi connectivity index (χ0v) is 6.81. The van der Waals surface area contributed by atoms with E-state index in [0.717, 1.165) is 6.42 Å². The van der Waals surface area contributed by atoms with Gasteiger partial charge in [0.25, 0.3) is 0 Å². The molecule has 0 bridgehead atoms. The van der Waals surface area contributed by atoms with Gasteiger partial charge in [0.15, 0.2) is 0 Å². The van der Waals surface area contributed by atoms with Gasteiger partial charge >= 0.3 is 0 Å². The molecule has 0 radical (unpaired) electrons. The van der Waals surface area contributed by atoms with Gasteiger partial charge < -0.3 is 5.32 Å². The molecule has 0 aliphatic carbocycles. The van der Waals surface area contributed by atoms with Crippen molar-refractivity contribution in [1.29, 1.82) is 0 Å². The molecule has 0 saturated heterocycles. The van der Waals surface area contributed by atoms with E-state index < -0.39 is 0 Å². The van der Waals surface area contributed by atoms with E-state index in [9.17, 15) is 0 Å². The molecule has 0 fully saturated rings. The van der Waals surface area contributed by atoms with Crippen LogP contribution in [0, 0.1) is 0 Å². The fraction of sp³-hybridized carbons (Fsp3) is 0.625. The van der Waals surface area contributed by atoms with Gasteiger partial charge in [-0.3, -0.25) is 4.99 Å². The van der Waals surface area contributed by atoms with Gasteiger partial charge in [0.05, 0.1) is 0 Å². The zero-order chi connectivity index (χ0) is 7.56. The minimum atomic E-state index is 0.425. The predicted octanol–water partition coefficient (Wildman–Crippen LogP) is 1.34. The van der Waals surface area contributed by atoms with E-state index in [0.29, 0.717) is 6.04 Å². The van der Waals surface area contributed by atoms with Crippen LogP contribution < -0.4 is 5.32 Å². The molecule has 0 spiro atoms. The molecule has 0 saturated carbocycles. The minimum Gasteiger partial charge on any atom is -0.312 e. The molecule has 1 heterocycles. The minimum absolute atomic E-state index is 0.425. The maximum absolute atomic E-state index is 4.28. The molecule has 2 nitrogen and oxygen atoms in total. The van der Waals surface area contributed by atoms with Crippen molar-refractivity contribution < 1.29 is 0 Å². The van der Waals surface area contributed by atoms with Crippen LogP contribution in [-0.2, 0) is 0 Å². The Bertz CT molecular complexity index is 180. The van der Waals surface area contributed by atoms with Crippen molar-refractivity contribution in [3.8, 4) is 0 Å². The summed E-state index contributed by atoms with van der Waals surface area (Å²) in [6.07, 6.45) is 2.99. The van der Waals surface area contributed by atoms with Gasteiger partial charge in [0, 0.05) is 24.4 Å². The van der Waals surface area contributed by atoms with Crippen molar-refractivity contribution >= 4 is 5.71 Å². The van der Waals surface area contributed by atoms with E-state index in [2.05, 4.69) is 24.2 Å². The molecule has 56 valence electrons. The van der Waals surface area contributed by atoms with E-state index >= 15 is 0 Å². The second-order valence-corrected chi connectivity index (χ2v) is 2.78. The number of nitrogens with zero attached hydrogens (tertiary/aromatic N) is 1. The van der Waals surface area contributed by atoms with E-state index in [-0.39, 0.29) is 0 Å². The summed E-state index contributed by atoms with van der Waals surface area (Å²) in [4.78, 5) is 4.28. The molecule has 10 heavy (non-hydrogen) atoms. The fourth-order valence-electron chi connectivity index (χ4n) is 1.00. The maximum Gasteiger partial charge on any atom is 0.0427 e. The maximum atomic E-state index is 4.28. The van der Waals surface area contributed by atoms with Gasteiger partial charge in [-0.1, -0.05) is 0 Å². The molecule has 0 aromatic rings. The van der Waals surface area contributed by atoms with Crippen LogP contribution in [0.5, 0.6) is 0 Å². The summed E-state index contributed by atoms with van der Waals surface area (Å²) in [5, 5.41) is 3.16. The third kappa shape index (κ3) is 1.45. The van der Waals surface area contributed by atoms with Gasteiger partial charge in [-0.15, -0.1) is 0 Å². The largest absolute Gasteiger partial charge is 0.312 e. The van der Waals surface area contributed by atoms with E-state index in [1.54, 1.807) is 0 Å². The van der Waals surface area contributed by atoms with Crippen LogP contribution in [0.3, 0.4) is 0 Å². The monoisotopic (exact) mass is 138 g/mol. The van der Waals surface area contributed by atoms with Crippen LogP contribution in [0.1, 0.15) is 20.3 Å². The van der Waals surface area contributed by atoms with Crippen molar-refractivity contribution in [2.45, 2.75) is 26.3 Å². The van der Waals surface area contributed by atoms with Crippen LogP contribution in [0.25, 0.3) is 0 Å². The molecule has 1 atom stereocenters. The molecule has 0 unspecified atom stereocenters. The first-order valence-electron chi connectivity index (χ1n) is 3.63. The summed E-state index contributed by atoms with van der Waals surface area (Å²) in [6, 6.07) is 0.425. The molecule has 2 heteroatoms. The first-order valence-corrected chi connectivity index (χ1v) is 3.63. The number of hydrogen-bond donors (Lipinski definition) is 1. The first kappa shape index (κ1) is 7.48. The highest BCUT2D eigenvalue weighted by molar-refractivity contribution is 5.93. The van der Waals surface area contributed by atoms with E-state index in [1.807, 2.05) is 13.2 Å². The topological polar surface area (TPSA) is 24.4 Å². The summed E-state index contributed by atoms with van der Waals surface area (Å²) < 4.78 is 0. The Labute approximate surface area is 62.0 Å². The molecular formula is C8H14N2. The number of nitrogens with one attached hydrogen (secondary N) is 1. The third-order valence-electron chi connectivity index (χ3n) is 1.84. The van der Waals surface area contributed by atoms with Gasteiger partial charge in [-0.25, -0.2) is 0 Å². The Morgan fingerprint density at radius 2 is 2.40 bits per heavy atom. The summed E-state index contributed by atoms with van der Waals surface area (Å²) >= 11 is 0. The van der Waals surface area contributed by atoms with Crippen LogP contribution in [0.15, 0.2) is 16.8 Å². The second kappa shape index (κ2) is 2.97. The molecule has 0 aromatic carbocycles. The van der Waals surface area contributed by atoms with E-state index in [1.165, 1.54) is 11.3 Å². The Morgan fingerprint density at radius 1 is 1.70 bits per heavy atom. The molecule has 1 aliphatic rings. The Kier molecular flexibility index (Phi) is 2.22. The standard InChI is InChI=1S/C8H14N2/c1-6-4-8(10-5-6)7(2)9-3/h5,7,9H,4H2,1-3H3/t7-/m1/s1. The highest BCUT2D eigenvalue weighted by Gasteiger charge is 2.11. The average Bonchev–Trinajstić information content (AvgIpc) is 2.34. The predicted molar refractivity (Wildman–Crippen MR) is 44.3 cm³/mol. The lowest BCUT2D eigenvalue weighted by atomic mass is 10.1. The average molecular weight is 138 g/mol. The number of aliphatic imine (C=N–C) groups is 1. The Balaban J connectivity index is 2.49. The number of hydrogen-bond acceptors (Lipinski definition) is 2. The summed E-state index contributed by atoms with van der Waals surface area (Å²) in [5.74, 6) is 0. The lowest BCUT2D eigenvalue weighted by molar-refractivity contribution is 0.755. The van der Waals surface area contributed by atoms with Crippen LogP contribution >= 0.6 is 0 Å². The van der Waals surface area contributed by atoms with E-state index in [4.69, 9.17) is 0 Å². The Hall–Kier alpha value is -0.630. The smallest absolute Gasteiger partial charge is 0.0427 e. The summed E-state index contributed by atoms with van der Waals surface area (Å²) in [6.45, 7) is 4.24. The molecule has 0 aromatic heterocycles. The summed E-state index contributed by atoms with van der Waals surface area (Å²) in [7, 11) is 1.96. The van der Waals surface area contributed by atoms with Crippen molar-refractivity contribution in [2.24, 2.45) is 4.99 Å². The Morgan fingerprint density at radius 3 is 2.80 bits per heavy atom. The van der Waals surface area contributed by atoms with Crippen LogP contribution in [0.2, 0.25) is 0 Å². The normalized spacial score (nSPS) is 20.3. The molecular weight excluding hydrogens is 124 g/mol. The number of allylic oxidation sites excluding steroid dienone is 1. The van der Waals surface area contributed by atoms with Crippen molar-refractivity contribution in [3.05, 3.63) is 11.8 Å².